The number of carbonyl (C=O) groups is 1. The molecule has 0 fully saturated rings. The molecule has 0 saturated carbocycles. The predicted molar refractivity (Wildman–Crippen MR) is 110 cm³/mol. The van der Waals surface area contributed by atoms with Crippen molar-refractivity contribution < 1.29 is 9.53 Å². The first kappa shape index (κ1) is 19.6. The monoisotopic (exact) mass is 386 g/mol. The standard InChI is InChI=1S/C22H18N4O3/c1-3-11-24-20(27)16(14-23)13-18-21(29-17-9-7-15(2)8-10-17)25-19-6-4-5-12-26(19)22(18)28/h3-10,12-13H,1,11H2,2H3,(H,24,27)/b16-13+. The highest BCUT2D eigenvalue weighted by atomic mass is 16.5. The second kappa shape index (κ2) is 8.67. The maximum atomic E-state index is 13.0. The average molecular weight is 386 g/mol. The molecule has 0 aliphatic rings. The number of nitrogens with zero attached hydrogens (tertiary/aromatic N) is 3. The first-order valence-corrected chi connectivity index (χ1v) is 8.80. The van der Waals surface area contributed by atoms with Gasteiger partial charge in [0.25, 0.3) is 11.5 Å². The third-order valence-corrected chi connectivity index (χ3v) is 4.03. The normalized spacial score (nSPS) is 11.0. The molecule has 0 radical (unpaired) electrons. The molecule has 1 amide bonds. The van der Waals surface area contributed by atoms with Gasteiger partial charge in [-0.25, -0.2) is 0 Å². The minimum atomic E-state index is -0.619. The van der Waals surface area contributed by atoms with Gasteiger partial charge in [0.05, 0.1) is 0 Å². The van der Waals surface area contributed by atoms with Crippen molar-refractivity contribution in [1.29, 1.82) is 5.26 Å². The van der Waals surface area contributed by atoms with E-state index in [4.69, 9.17) is 4.74 Å². The number of carbonyl (C=O) groups excluding carboxylic acids is 1. The second-order valence-electron chi connectivity index (χ2n) is 6.15. The lowest BCUT2D eigenvalue weighted by atomic mass is 10.1. The summed E-state index contributed by atoms with van der Waals surface area (Å²) in [5.41, 5.74) is 0.734. The average Bonchev–Trinajstić information content (AvgIpc) is 2.73. The van der Waals surface area contributed by atoms with Crippen LogP contribution in [0.5, 0.6) is 11.6 Å². The Balaban J connectivity index is 2.16. The molecular weight excluding hydrogens is 368 g/mol. The molecule has 1 aromatic carbocycles. The molecule has 0 spiro atoms. The molecule has 0 aliphatic carbocycles. The second-order valence-corrected chi connectivity index (χ2v) is 6.15. The number of nitriles is 1. The summed E-state index contributed by atoms with van der Waals surface area (Å²) in [6.07, 6.45) is 4.24. The van der Waals surface area contributed by atoms with E-state index in [1.54, 1.807) is 36.5 Å². The highest BCUT2D eigenvalue weighted by Gasteiger charge is 2.17. The third-order valence-electron chi connectivity index (χ3n) is 4.03. The van der Waals surface area contributed by atoms with Crippen molar-refractivity contribution in [2.45, 2.75) is 6.92 Å². The third kappa shape index (κ3) is 4.39. The summed E-state index contributed by atoms with van der Waals surface area (Å²) in [5, 5.41) is 11.9. The van der Waals surface area contributed by atoms with Gasteiger partial charge in [-0.1, -0.05) is 29.8 Å². The van der Waals surface area contributed by atoms with Gasteiger partial charge in [-0.2, -0.15) is 10.2 Å². The van der Waals surface area contributed by atoms with Crippen molar-refractivity contribution >= 4 is 17.6 Å². The van der Waals surface area contributed by atoms with Gasteiger partial charge in [-0.05, 0) is 37.3 Å². The molecule has 7 heteroatoms. The molecule has 144 valence electrons. The molecule has 0 atom stereocenters. The molecule has 0 aliphatic heterocycles. The van der Waals surface area contributed by atoms with Crippen molar-refractivity contribution in [2.24, 2.45) is 0 Å². The number of aromatic nitrogens is 2. The molecule has 2 aromatic heterocycles. The Labute approximate surface area is 167 Å². The minimum Gasteiger partial charge on any atom is -0.438 e. The fraction of sp³-hybridized carbons (Fsp3) is 0.0909. The summed E-state index contributed by atoms with van der Waals surface area (Å²) in [6, 6.07) is 14.1. The Morgan fingerprint density at radius 3 is 2.76 bits per heavy atom. The van der Waals surface area contributed by atoms with Crippen molar-refractivity contribution in [3.8, 4) is 17.7 Å². The minimum absolute atomic E-state index is 0.000391. The quantitative estimate of drug-likeness (QED) is 0.399. The van der Waals surface area contributed by atoms with E-state index in [1.165, 1.54) is 16.6 Å². The van der Waals surface area contributed by atoms with Crippen LogP contribution in [0.2, 0.25) is 0 Å². The van der Waals surface area contributed by atoms with Crippen LogP contribution in [-0.4, -0.2) is 21.8 Å². The molecule has 0 saturated heterocycles. The summed E-state index contributed by atoms with van der Waals surface area (Å²) >= 11 is 0. The van der Waals surface area contributed by atoms with Crippen LogP contribution in [0.15, 0.2) is 71.7 Å². The lowest BCUT2D eigenvalue weighted by Crippen LogP contribution is -2.25. The molecule has 3 aromatic rings. The molecule has 1 N–H and O–H groups in total. The van der Waals surface area contributed by atoms with Gasteiger partial charge >= 0.3 is 0 Å². The van der Waals surface area contributed by atoms with E-state index in [0.717, 1.165) is 5.56 Å². The largest absolute Gasteiger partial charge is 0.438 e. The zero-order valence-corrected chi connectivity index (χ0v) is 15.8. The number of hydrogen-bond donors (Lipinski definition) is 1. The highest BCUT2D eigenvalue weighted by molar-refractivity contribution is 6.02. The first-order chi connectivity index (χ1) is 14.0. The van der Waals surface area contributed by atoms with Crippen LogP contribution in [0.3, 0.4) is 0 Å². The van der Waals surface area contributed by atoms with E-state index in [0.29, 0.717) is 11.4 Å². The summed E-state index contributed by atoms with van der Waals surface area (Å²) in [6.45, 7) is 5.65. The molecule has 0 bridgehead atoms. The SMILES string of the molecule is C=CCNC(=O)/C(C#N)=C/c1c(Oc2ccc(C)cc2)nc2ccccn2c1=O. The number of pyridine rings is 1. The van der Waals surface area contributed by atoms with Gasteiger partial charge < -0.3 is 10.1 Å². The maximum Gasteiger partial charge on any atom is 0.269 e. The van der Waals surface area contributed by atoms with Crippen LogP contribution in [0.1, 0.15) is 11.1 Å². The van der Waals surface area contributed by atoms with Gasteiger partial charge in [-0.15, -0.1) is 6.58 Å². The topological polar surface area (TPSA) is 96.5 Å². The molecular formula is C22H18N4O3. The smallest absolute Gasteiger partial charge is 0.269 e. The Morgan fingerprint density at radius 1 is 1.31 bits per heavy atom. The van der Waals surface area contributed by atoms with Gasteiger partial charge in [0.15, 0.2) is 0 Å². The fourth-order valence-corrected chi connectivity index (χ4v) is 2.55. The van der Waals surface area contributed by atoms with Crippen LogP contribution in [0, 0.1) is 18.3 Å². The Morgan fingerprint density at radius 2 is 2.07 bits per heavy atom. The summed E-state index contributed by atoms with van der Waals surface area (Å²) in [7, 11) is 0. The molecule has 2 heterocycles. The summed E-state index contributed by atoms with van der Waals surface area (Å²) < 4.78 is 7.16. The summed E-state index contributed by atoms with van der Waals surface area (Å²) in [5.74, 6) is -0.132. The Bertz CT molecular complexity index is 1200. The lowest BCUT2D eigenvalue weighted by molar-refractivity contribution is -0.116. The Kier molecular flexibility index (Phi) is 5.85. The number of fused-ring (bicyclic) bond motifs is 1. The number of aryl methyl sites for hydroxylation is 1. The van der Waals surface area contributed by atoms with E-state index >= 15 is 0 Å². The van der Waals surface area contributed by atoms with E-state index in [-0.39, 0.29) is 23.6 Å². The van der Waals surface area contributed by atoms with Crippen LogP contribution in [-0.2, 0) is 4.79 Å². The van der Waals surface area contributed by atoms with Crippen LogP contribution >= 0.6 is 0 Å². The van der Waals surface area contributed by atoms with Gasteiger partial charge in [0.2, 0.25) is 5.88 Å². The summed E-state index contributed by atoms with van der Waals surface area (Å²) in [4.78, 5) is 29.6. The Hall–Kier alpha value is -4.18. The molecule has 3 rings (SSSR count). The zero-order chi connectivity index (χ0) is 20.8. The van der Waals surface area contributed by atoms with Crippen LogP contribution in [0.4, 0.5) is 0 Å². The van der Waals surface area contributed by atoms with E-state index in [1.807, 2.05) is 25.1 Å². The number of amides is 1. The molecule has 7 nitrogen and oxygen atoms in total. The van der Waals surface area contributed by atoms with Crippen molar-refractivity contribution in [3.63, 3.8) is 0 Å². The zero-order valence-electron chi connectivity index (χ0n) is 15.8. The first-order valence-electron chi connectivity index (χ1n) is 8.80. The van der Waals surface area contributed by atoms with Crippen molar-refractivity contribution in [2.75, 3.05) is 6.54 Å². The molecule has 29 heavy (non-hydrogen) atoms. The van der Waals surface area contributed by atoms with Gasteiger partial charge in [0, 0.05) is 12.7 Å². The van der Waals surface area contributed by atoms with Crippen LogP contribution < -0.4 is 15.6 Å². The van der Waals surface area contributed by atoms with E-state index in [9.17, 15) is 14.9 Å². The number of benzene rings is 1. The highest BCUT2D eigenvalue weighted by Crippen LogP contribution is 2.24. The predicted octanol–water partition coefficient (Wildman–Crippen LogP) is 3.00. The lowest BCUT2D eigenvalue weighted by Gasteiger charge is -2.10. The number of rotatable bonds is 6. The van der Waals surface area contributed by atoms with Crippen LogP contribution in [0.25, 0.3) is 11.7 Å². The van der Waals surface area contributed by atoms with Crippen molar-refractivity contribution in [1.82, 2.24) is 14.7 Å². The van der Waals surface area contributed by atoms with Gasteiger partial charge in [-0.3, -0.25) is 14.0 Å². The van der Waals surface area contributed by atoms with Gasteiger partial charge in [0.1, 0.15) is 28.6 Å². The van der Waals surface area contributed by atoms with E-state index < -0.39 is 11.5 Å². The van der Waals surface area contributed by atoms with E-state index in [2.05, 4.69) is 16.9 Å². The molecule has 0 unspecified atom stereocenters. The maximum absolute atomic E-state index is 13.0. The number of ether oxygens (including phenoxy) is 1. The van der Waals surface area contributed by atoms with Crippen molar-refractivity contribution in [3.05, 3.63) is 88.4 Å². The fourth-order valence-electron chi connectivity index (χ4n) is 2.55. The number of hydrogen-bond acceptors (Lipinski definition) is 5. The number of nitrogens with one attached hydrogen (secondary N) is 1.